The van der Waals surface area contributed by atoms with Crippen LogP contribution in [0.4, 0.5) is 0 Å². The number of rotatable bonds is 20. The minimum atomic E-state index is -1.02. The topological polar surface area (TPSA) is 140 Å². The first kappa shape index (κ1) is 77.2. The Bertz CT molecular complexity index is 4130. The average Bonchev–Trinajstić information content (AvgIpc) is 0.766. The number of carboxylic acids is 1. The van der Waals surface area contributed by atoms with E-state index in [0.717, 1.165) is 97.7 Å². The maximum atomic E-state index is 12.2. The van der Waals surface area contributed by atoms with Gasteiger partial charge in [0.15, 0.2) is 0 Å². The molecule has 11 nitrogen and oxygen atoms in total. The summed E-state index contributed by atoms with van der Waals surface area (Å²) in [7, 11) is 1.69. The van der Waals surface area contributed by atoms with Crippen molar-refractivity contribution < 1.29 is 37.9 Å². The molecule has 566 valence electrons. The zero-order valence-electron chi connectivity index (χ0n) is 63.9. The SMILES string of the molecule is CC(C)(C)c1ccc(C(O)(Cc2ccccc2)C2CN3CCC2CC3)cc1.CCc1ccc(C(O)(Cc2ccccc2)C2CN3CCC2CC3)cc1.COc1ccc(C(O)(Cc2ccccc2)C2CN3CCC2CC3)c(C)c1.O=C(O)c1ccc(CCC(O)(c2ccccc2)C2CN3CCC2CC3)cc1Cl.[HH].[HH]. The minimum Gasteiger partial charge on any atom is -0.497 e. The molecule has 12 heterocycles. The van der Waals surface area contributed by atoms with Crippen LogP contribution in [0.25, 0.3) is 0 Å². The molecule has 12 aliphatic heterocycles. The summed E-state index contributed by atoms with van der Waals surface area (Å²) in [6.07, 6.45) is 14.0. The van der Waals surface area contributed by atoms with Gasteiger partial charge in [-0.25, -0.2) is 4.79 Å². The fourth-order valence-corrected chi connectivity index (χ4v) is 20.4. The molecule has 0 amide bonds. The van der Waals surface area contributed by atoms with E-state index in [1.54, 1.807) is 25.3 Å². The second kappa shape index (κ2) is 33.9. The lowest BCUT2D eigenvalue weighted by atomic mass is 9.65. The third-order valence-corrected chi connectivity index (χ3v) is 26.7. The molecule has 0 spiro atoms. The Morgan fingerprint density at radius 1 is 0.434 bits per heavy atom. The molecule has 5 N–H and O–H groups in total. The number of aliphatic hydroxyl groups is 4. The molecule has 12 heteroatoms. The van der Waals surface area contributed by atoms with E-state index in [1.165, 1.54) is 106 Å². The summed E-state index contributed by atoms with van der Waals surface area (Å²) in [5.74, 6) is 3.37. The summed E-state index contributed by atoms with van der Waals surface area (Å²) < 4.78 is 5.39. The molecule has 106 heavy (non-hydrogen) atoms. The molecule has 8 bridgehead atoms. The van der Waals surface area contributed by atoms with Gasteiger partial charge in [-0.1, -0.05) is 221 Å². The van der Waals surface area contributed by atoms with Crippen LogP contribution in [0.3, 0.4) is 0 Å². The van der Waals surface area contributed by atoms with Gasteiger partial charge in [-0.15, -0.1) is 0 Å². The maximum Gasteiger partial charge on any atom is 0.337 e. The molecule has 0 aromatic heterocycles. The number of benzene rings is 8. The van der Waals surface area contributed by atoms with Crippen LogP contribution in [-0.4, -0.2) is 137 Å². The molecule has 0 aliphatic carbocycles. The van der Waals surface area contributed by atoms with Crippen LogP contribution in [0, 0.1) is 54.3 Å². The summed E-state index contributed by atoms with van der Waals surface area (Å²) in [4.78, 5) is 21.3. The third-order valence-electron chi connectivity index (χ3n) is 26.4. The van der Waals surface area contributed by atoms with E-state index in [-0.39, 0.29) is 30.7 Å². The number of nitrogens with zero attached hydrogens (tertiary/aromatic N) is 4. The van der Waals surface area contributed by atoms with Crippen molar-refractivity contribution in [2.45, 2.75) is 152 Å². The van der Waals surface area contributed by atoms with E-state index in [1.807, 2.05) is 54.6 Å². The van der Waals surface area contributed by atoms with E-state index in [9.17, 15) is 25.2 Å². The van der Waals surface area contributed by atoms with Crippen LogP contribution in [0.15, 0.2) is 206 Å². The fourth-order valence-electron chi connectivity index (χ4n) is 20.1. The first-order chi connectivity index (χ1) is 51.1. The zero-order valence-corrected chi connectivity index (χ0v) is 64.6. The first-order valence-corrected chi connectivity index (χ1v) is 40.3. The third kappa shape index (κ3) is 17.5. The summed E-state index contributed by atoms with van der Waals surface area (Å²) in [6, 6.07) is 70.1. The monoisotopic (exact) mass is 1450 g/mol. The highest BCUT2D eigenvalue weighted by Gasteiger charge is 2.52. The van der Waals surface area contributed by atoms with Crippen molar-refractivity contribution in [1.82, 2.24) is 19.6 Å². The molecule has 20 rings (SSSR count). The second-order valence-corrected chi connectivity index (χ2v) is 34.1. The van der Waals surface area contributed by atoms with Gasteiger partial charge < -0.3 is 49.9 Å². The van der Waals surface area contributed by atoms with Crippen LogP contribution >= 0.6 is 11.6 Å². The highest BCUT2D eigenvalue weighted by Crippen LogP contribution is 2.51. The molecule has 0 radical (unpaired) electrons. The van der Waals surface area contributed by atoms with Gasteiger partial charge >= 0.3 is 5.97 Å². The summed E-state index contributed by atoms with van der Waals surface area (Å²) >= 11 is 6.14. The number of halogens is 1. The Morgan fingerprint density at radius 3 is 1.13 bits per heavy atom. The van der Waals surface area contributed by atoms with Gasteiger partial charge in [-0.2, -0.15) is 0 Å². The molecule has 12 fully saturated rings. The molecular weight excluding hydrogens is 1330 g/mol. The highest BCUT2D eigenvalue weighted by atomic mass is 35.5. The van der Waals surface area contributed by atoms with E-state index in [0.29, 0.717) is 67.6 Å². The Labute approximate surface area is 640 Å². The van der Waals surface area contributed by atoms with Gasteiger partial charge in [0.2, 0.25) is 0 Å². The molecule has 0 saturated carbocycles. The number of hydrogen-bond acceptors (Lipinski definition) is 10. The Hall–Kier alpha value is -7.00. The summed E-state index contributed by atoms with van der Waals surface area (Å²) in [6.45, 7) is 24.4. The largest absolute Gasteiger partial charge is 0.497 e. The average molecular weight is 1450 g/mol. The number of ether oxygens (including phenoxy) is 1. The first-order valence-electron chi connectivity index (χ1n) is 40.0. The van der Waals surface area contributed by atoms with Gasteiger partial charge in [0, 0.05) is 72.0 Å². The number of hydrogen-bond donors (Lipinski definition) is 5. The number of carbonyl (C=O) groups is 1. The zero-order chi connectivity index (χ0) is 74.2. The van der Waals surface area contributed by atoms with Crippen LogP contribution in [-0.2, 0) is 59.9 Å². The van der Waals surface area contributed by atoms with Crippen molar-refractivity contribution in [2.75, 3.05) is 85.6 Å². The number of fused-ring (bicyclic) bond motifs is 12. The number of methoxy groups -OCH3 is 1. The van der Waals surface area contributed by atoms with E-state index >= 15 is 0 Å². The standard InChI is InChI=1S/C25H33NO.C23H26ClNO3.C23H29NO2.C23H29NO.2H2/c1-24(2,3)21-9-11-22(12-10-21)25(27,17-19-7-5-4-6-8-19)23-18-26-15-13-20(23)14-16-26;24-21-14-16(6-7-19(21)22(26)27)8-11-23(28,18-4-2-1-3-5-18)20-15-25-12-9-17(20)10-13-25;1-17-14-20(26-2)8-9-21(17)23(25,15-18-6-4-3-5-7-18)22-16-24-12-10-19(22)11-13-24;1-2-18-8-10-21(11-9-18)23(25,16-19-6-4-3-5-7-19)22-17-24-14-12-20(22)13-15-24;;/h4-12,20,23,27H,13-18H2,1-3H3;1-7,14,17,20,28H,8-13,15H2,(H,26,27);3-9,14,19,22,25H,10-13,15-16H2,1-2H3;3-11,20,22,25H,2,12-17H2,1H3;2*1H. The predicted molar refractivity (Wildman–Crippen MR) is 433 cm³/mol. The molecule has 8 aromatic carbocycles. The van der Waals surface area contributed by atoms with E-state index in [4.69, 9.17) is 21.4 Å². The number of piperidine rings is 12. The molecule has 12 saturated heterocycles. The minimum absolute atomic E-state index is 0. The van der Waals surface area contributed by atoms with Crippen molar-refractivity contribution in [3.63, 3.8) is 0 Å². The van der Waals surface area contributed by atoms with Crippen molar-refractivity contribution in [1.29, 1.82) is 0 Å². The molecule has 8 unspecified atom stereocenters. The van der Waals surface area contributed by atoms with Crippen LogP contribution < -0.4 is 4.74 Å². The lowest BCUT2D eigenvalue weighted by Crippen LogP contribution is -2.56. The Kier molecular flexibility index (Phi) is 24.7. The van der Waals surface area contributed by atoms with Crippen LogP contribution in [0.5, 0.6) is 5.75 Å². The summed E-state index contributed by atoms with van der Waals surface area (Å²) in [5, 5.41) is 57.7. The van der Waals surface area contributed by atoms with Crippen molar-refractivity contribution in [3.8, 4) is 5.75 Å². The Morgan fingerprint density at radius 2 is 0.783 bits per heavy atom. The van der Waals surface area contributed by atoms with Gasteiger partial charge in [0.05, 0.1) is 40.1 Å². The van der Waals surface area contributed by atoms with Crippen molar-refractivity contribution >= 4 is 17.6 Å². The van der Waals surface area contributed by atoms with Gasteiger partial charge in [0.25, 0.3) is 0 Å². The predicted octanol–water partition coefficient (Wildman–Crippen LogP) is 17.2. The lowest BCUT2D eigenvalue weighted by Gasteiger charge is -2.51. The quantitative estimate of drug-likeness (QED) is 0.0498. The number of carboxylic acid groups (broad SMARTS) is 1. The molecular formula is C94H121ClN4O7. The summed E-state index contributed by atoms with van der Waals surface area (Å²) in [5.41, 5.74) is 9.47. The van der Waals surface area contributed by atoms with Crippen LogP contribution in [0.1, 0.15) is 160 Å². The lowest BCUT2D eigenvalue weighted by molar-refractivity contribution is -0.106. The molecule has 12 aliphatic rings. The van der Waals surface area contributed by atoms with Gasteiger partial charge in [0.1, 0.15) is 5.75 Å². The second-order valence-electron chi connectivity index (χ2n) is 33.7. The van der Waals surface area contributed by atoms with Gasteiger partial charge in [-0.3, -0.25) is 0 Å². The number of aryl methyl sites for hydroxylation is 3. The normalized spacial score (nSPS) is 27.0. The smallest absolute Gasteiger partial charge is 0.337 e. The van der Waals surface area contributed by atoms with E-state index in [2.05, 4.69) is 188 Å². The fraction of sp³-hybridized carbons (Fsp3) is 0.479. The van der Waals surface area contributed by atoms with E-state index < -0.39 is 28.4 Å². The molecule has 8 aromatic rings. The Balaban J connectivity index is 0.000000142. The maximum absolute atomic E-state index is 12.2. The highest BCUT2D eigenvalue weighted by molar-refractivity contribution is 6.33. The van der Waals surface area contributed by atoms with Crippen molar-refractivity contribution in [3.05, 3.63) is 278 Å². The van der Waals surface area contributed by atoms with Crippen molar-refractivity contribution in [2.24, 2.45) is 47.3 Å². The van der Waals surface area contributed by atoms with Gasteiger partial charge in [-0.05, 0) is 244 Å². The molecule has 8 atom stereocenters. The number of aromatic carboxylic acids is 1. The van der Waals surface area contributed by atoms with Crippen LogP contribution in [0.2, 0.25) is 5.02 Å².